The summed E-state index contributed by atoms with van der Waals surface area (Å²) < 4.78 is 20.4. The van der Waals surface area contributed by atoms with Crippen LogP contribution in [0.2, 0.25) is 0 Å². The highest BCUT2D eigenvalue weighted by molar-refractivity contribution is 5.82. The number of rotatable bonds is 1. The molecule has 0 unspecified atom stereocenters. The Balaban J connectivity index is 2.09. The summed E-state index contributed by atoms with van der Waals surface area (Å²) in [7, 11) is 0. The van der Waals surface area contributed by atoms with Crippen LogP contribution in [0.5, 0.6) is 5.75 Å². The maximum atomic E-state index is 14.6. The molecule has 0 spiro atoms. The maximum Gasteiger partial charge on any atom is 0.228 e. The summed E-state index contributed by atoms with van der Waals surface area (Å²) in [5.74, 6) is -0.280. The van der Waals surface area contributed by atoms with Gasteiger partial charge in [0.15, 0.2) is 0 Å². The lowest BCUT2D eigenvalue weighted by Gasteiger charge is -2.34. The minimum atomic E-state index is -0.611. The molecule has 26 heavy (non-hydrogen) atoms. The molecule has 1 aliphatic heterocycles. The van der Waals surface area contributed by atoms with Crippen molar-refractivity contribution in [3.05, 3.63) is 65.0 Å². The van der Waals surface area contributed by atoms with Gasteiger partial charge in [0.2, 0.25) is 5.91 Å². The molecule has 3 rings (SSSR count). The zero-order valence-electron chi connectivity index (χ0n) is 15.1. The van der Waals surface area contributed by atoms with E-state index in [1.54, 1.807) is 4.90 Å². The molecule has 134 valence electrons. The van der Waals surface area contributed by atoms with Crippen LogP contribution in [0, 0.1) is 22.6 Å². The Labute approximate surface area is 152 Å². The number of halogens is 1. The Morgan fingerprint density at radius 1 is 1.27 bits per heavy atom. The Bertz CT molecular complexity index is 866. The molecule has 0 N–H and O–H groups in total. The molecule has 1 amide bonds. The van der Waals surface area contributed by atoms with E-state index in [2.05, 4.69) is 0 Å². The summed E-state index contributed by atoms with van der Waals surface area (Å²) in [5.41, 5.74) is 0.826. The third-order valence-electron chi connectivity index (χ3n) is 4.47. The third kappa shape index (κ3) is 3.41. The number of benzene rings is 2. The van der Waals surface area contributed by atoms with Gasteiger partial charge in [-0.2, -0.15) is 5.26 Å². The van der Waals surface area contributed by atoms with Gasteiger partial charge in [-0.25, -0.2) is 4.39 Å². The number of amides is 1. The second kappa shape index (κ2) is 6.80. The molecular weight excluding hydrogens is 331 g/mol. The third-order valence-corrected chi connectivity index (χ3v) is 4.47. The van der Waals surface area contributed by atoms with Gasteiger partial charge in [-0.15, -0.1) is 0 Å². The van der Waals surface area contributed by atoms with Crippen LogP contribution >= 0.6 is 0 Å². The molecule has 0 saturated carbocycles. The monoisotopic (exact) mass is 352 g/mol. The Morgan fingerprint density at radius 2 is 1.96 bits per heavy atom. The molecule has 0 aromatic heterocycles. The molecule has 0 fully saturated rings. The molecular formula is C21H21FN2O2. The van der Waals surface area contributed by atoms with Crippen LogP contribution in [0.3, 0.4) is 0 Å². The van der Waals surface area contributed by atoms with Gasteiger partial charge < -0.3 is 9.64 Å². The van der Waals surface area contributed by atoms with Crippen molar-refractivity contribution in [3.63, 3.8) is 0 Å². The summed E-state index contributed by atoms with van der Waals surface area (Å²) >= 11 is 0. The van der Waals surface area contributed by atoms with E-state index in [9.17, 15) is 9.18 Å². The van der Waals surface area contributed by atoms with E-state index in [0.717, 1.165) is 5.56 Å². The van der Waals surface area contributed by atoms with Crippen LogP contribution < -0.4 is 4.74 Å². The number of fused-ring (bicyclic) bond motifs is 1. The summed E-state index contributed by atoms with van der Waals surface area (Å²) in [4.78, 5) is 14.8. The molecule has 0 saturated heterocycles. The number of nitriles is 1. The van der Waals surface area contributed by atoms with Gasteiger partial charge in [0, 0.05) is 11.0 Å². The largest absolute Gasteiger partial charge is 0.491 e. The first-order valence-electron chi connectivity index (χ1n) is 8.52. The molecule has 1 heterocycles. The van der Waals surface area contributed by atoms with Gasteiger partial charge >= 0.3 is 0 Å². The first kappa shape index (κ1) is 17.9. The van der Waals surface area contributed by atoms with Gasteiger partial charge in [0.1, 0.15) is 18.2 Å². The van der Waals surface area contributed by atoms with Crippen molar-refractivity contribution in [1.82, 2.24) is 4.90 Å². The van der Waals surface area contributed by atoms with Crippen LogP contribution in [0.25, 0.3) is 0 Å². The second-order valence-corrected chi connectivity index (χ2v) is 7.47. The van der Waals surface area contributed by atoms with E-state index in [0.29, 0.717) is 11.3 Å². The van der Waals surface area contributed by atoms with Crippen LogP contribution in [0.15, 0.2) is 42.5 Å². The van der Waals surface area contributed by atoms with Crippen molar-refractivity contribution < 1.29 is 13.9 Å². The standard InChI is InChI=1S/C21H21FN2O2/c1-21(2,3)20(25)24-12-16-17(22)9-14(11-23)10-19(16)26-13-18(24)15-7-5-4-6-8-15/h4-10,18H,12-13H2,1-3H3/t18-/m1/s1. The highest BCUT2D eigenvalue weighted by Gasteiger charge is 2.36. The molecule has 0 bridgehead atoms. The smallest absolute Gasteiger partial charge is 0.228 e. The molecule has 1 atom stereocenters. The van der Waals surface area contributed by atoms with Crippen molar-refractivity contribution in [2.75, 3.05) is 6.61 Å². The molecule has 2 aromatic carbocycles. The van der Waals surface area contributed by atoms with Gasteiger partial charge in [-0.05, 0) is 17.7 Å². The molecule has 0 radical (unpaired) electrons. The van der Waals surface area contributed by atoms with E-state index in [1.807, 2.05) is 57.2 Å². The number of hydrogen-bond donors (Lipinski definition) is 0. The average Bonchev–Trinajstić information content (AvgIpc) is 2.81. The average molecular weight is 352 g/mol. The zero-order valence-corrected chi connectivity index (χ0v) is 15.1. The number of nitrogens with zero attached hydrogens (tertiary/aromatic N) is 2. The van der Waals surface area contributed by atoms with E-state index in [4.69, 9.17) is 10.00 Å². The first-order valence-corrected chi connectivity index (χ1v) is 8.52. The van der Waals surface area contributed by atoms with E-state index in [-0.39, 0.29) is 30.7 Å². The predicted molar refractivity (Wildman–Crippen MR) is 95.8 cm³/mol. The summed E-state index contributed by atoms with van der Waals surface area (Å²) in [6.45, 7) is 5.84. The molecule has 1 aliphatic rings. The van der Waals surface area contributed by atoms with Crippen LogP contribution in [-0.4, -0.2) is 17.4 Å². The van der Waals surface area contributed by atoms with Gasteiger partial charge in [0.05, 0.1) is 24.2 Å². The fourth-order valence-electron chi connectivity index (χ4n) is 3.09. The van der Waals surface area contributed by atoms with E-state index < -0.39 is 11.2 Å². The van der Waals surface area contributed by atoms with Crippen molar-refractivity contribution in [2.24, 2.45) is 5.41 Å². The molecule has 5 heteroatoms. The number of carbonyl (C=O) groups excluding carboxylic acids is 1. The van der Waals surface area contributed by atoms with Crippen LogP contribution in [0.1, 0.15) is 43.5 Å². The number of ether oxygens (including phenoxy) is 1. The topological polar surface area (TPSA) is 53.3 Å². The first-order chi connectivity index (χ1) is 12.3. The van der Waals surface area contributed by atoms with Crippen molar-refractivity contribution in [3.8, 4) is 11.8 Å². The van der Waals surface area contributed by atoms with Crippen molar-refractivity contribution in [1.29, 1.82) is 5.26 Å². The lowest BCUT2D eigenvalue weighted by Crippen LogP contribution is -2.42. The lowest BCUT2D eigenvalue weighted by atomic mass is 9.92. The summed E-state index contributed by atoms with van der Waals surface area (Å²) in [6.07, 6.45) is 0. The van der Waals surface area contributed by atoms with E-state index >= 15 is 0 Å². The Morgan fingerprint density at radius 3 is 2.58 bits per heavy atom. The molecule has 2 aromatic rings. The van der Waals surface area contributed by atoms with Crippen molar-refractivity contribution in [2.45, 2.75) is 33.4 Å². The zero-order chi connectivity index (χ0) is 18.9. The number of carbonyl (C=O) groups is 1. The Hall–Kier alpha value is -2.87. The minimum Gasteiger partial charge on any atom is -0.491 e. The van der Waals surface area contributed by atoms with Gasteiger partial charge in [-0.1, -0.05) is 51.1 Å². The molecule has 4 nitrogen and oxygen atoms in total. The normalized spacial score (nSPS) is 16.9. The van der Waals surface area contributed by atoms with E-state index in [1.165, 1.54) is 12.1 Å². The van der Waals surface area contributed by atoms with Crippen LogP contribution in [-0.2, 0) is 11.3 Å². The fraction of sp³-hybridized carbons (Fsp3) is 0.333. The highest BCUT2D eigenvalue weighted by Crippen LogP contribution is 2.36. The van der Waals surface area contributed by atoms with Crippen LogP contribution in [0.4, 0.5) is 4.39 Å². The van der Waals surface area contributed by atoms with Crippen molar-refractivity contribution >= 4 is 5.91 Å². The summed E-state index contributed by atoms with van der Waals surface area (Å²) in [5, 5.41) is 9.07. The summed E-state index contributed by atoms with van der Waals surface area (Å²) in [6, 6.07) is 13.9. The van der Waals surface area contributed by atoms with Gasteiger partial charge in [-0.3, -0.25) is 4.79 Å². The maximum absolute atomic E-state index is 14.6. The highest BCUT2D eigenvalue weighted by atomic mass is 19.1. The second-order valence-electron chi connectivity index (χ2n) is 7.47. The Kier molecular flexibility index (Phi) is 4.69. The predicted octanol–water partition coefficient (Wildman–Crippen LogP) is 4.21. The SMILES string of the molecule is CC(C)(C)C(=O)N1Cc2c(F)cc(C#N)cc2OC[C@@H]1c1ccccc1. The fourth-order valence-corrected chi connectivity index (χ4v) is 3.09. The quantitative estimate of drug-likeness (QED) is 0.773. The molecule has 0 aliphatic carbocycles. The lowest BCUT2D eigenvalue weighted by molar-refractivity contribution is -0.143. The minimum absolute atomic E-state index is 0.0773. The van der Waals surface area contributed by atoms with Gasteiger partial charge in [0.25, 0.3) is 0 Å². The number of hydrogen-bond acceptors (Lipinski definition) is 3.